The number of aromatic nitrogens is 3. The van der Waals surface area contributed by atoms with Gasteiger partial charge in [0.1, 0.15) is 30.7 Å². The van der Waals surface area contributed by atoms with E-state index in [4.69, 9.17) is 21.1 Å². The normalized spacial score (nSPS) is 24.0. The molecule has 3 aliphatic rings. The first kappa shape index (κ1) is 28.3. The lowest BCUT2D eigenvalue weighted by Gasteiger charge is -2.40. The van der Waals surface area contributed by atoms with E-state index < -0.39 is 29.7 Å². The van der Waals surface area contributed by atoms with Crippen LogP contribution in [-0.2, 0) is 11.3 Å². The number of rotatable bonds is 7. The summed E-state index contributed by atoms with van der Waals surface area (Å²) in [5, 5.41) is 9.53. The maximum atomic E-state index is 15.2. The fourth-order valence-electron chi connectivity index (χ4n) is 6.32. The van der Waals surface area contributed by atoms with E-state index in [1.807, 2.05) is 35.2 Å². The summed E-state index contributed by atoms with van der Waals surface area (Å²) in [5.74, 6) is -0.446. The van der Waals surface area contributed by atoms with Gasteiger partial charge in [-0.15, -0.1) is 0 Å². The van der Waals surface area contributed by atoms with Crippen LogP contribution in [0.1, 0.15) is 31.2 Å². The lowest BCUT2D eigenvalue weighted by molar-refractivity contribution is 0.0768. The molecule has 0 radical (unpaired) electrons. The van der Waals surface area contributed by atoms with Crippen molar-refractivity contribution in [3.05, 3.63) is 53.1 Å². The lowest BCUT2D eigenvalue weighted by Crippen LogP contribution is -2.55. The van der Waals surface area contributed by atoms with Gasteiger partial charge in [0.25, 0.3) is 0 Å². The van der Waals surface area contributed by atoms with Crippen LogP contribution < -0.4 is 9.64 Å². The topological polar surface area (TPSA) is 108 Å². The Kier molecular flexibility index (Phi) is 7.96. The molecule has 10 nitrogen and oxygen atoms in total. The van der Waals surface area contributed by atoms with Gasteiger partial charge < -0.3 is 19.3 Å². The molecule has 0 saturated carbocycles. The van der Waals surface area contributed by atoms with Gasteiger partial charge in [0.05, 0.1) is 29.5 Å². The van der Waals surface area contributed by atoms with Crippen LogP contribution in [0.15, 0.2) is 36.5 Å². The maximum absolute atomic E-state index is 15.2. The number of pyridine rings is 1. The molecule has 3 atom stereocenters. The fourth-order valence-corrected chi connectivity index (χ4v) is 6.46. The quantitative estimate of drug-likeness (QED) is 0.363. The van der Waals surface area contributed by atoms with E-state index in [1.165, 1.54) is 6.20 Å². The van der Waals surface area contributed by atoms with E-state index in [1.54, 1.807) is 4.90 Å². The van der Waals surface area contributed by atoms with Gasteiger partial charge in [-0.25, -0.2) is 18.6 Å². The van der Waals surface area contributed by atoms with Crippen molar-refractivity contribution >= 4 is 34.4 Å². The number of ether oxygens (including phenoxy) is 2. The van der Waals surface area contributed by atoms with E-state index in [0.717, 1.165) is 24.9 Å². The molecule has 0 unspecified atom stereocenters. The number of nitrogens with zero attached hydrogens (tertiary/aromatic N) is 7. The Morgan fingerprint density at radius 2 is 2.02 bits per heavy atom. The van der Waals surface area contributed by atoms with Crippen molar-refractivity contribution in [1.29, 1.82) is 5.26 Å². The Bertz CT molecular complexity index is 1510. The SMILES string of the molecule is N#CC[C@H]1CN(c2nc(OC[C@@]34CCCN3C[C@H](F)C4)nc3c(F)c(Cl)ncc23)CCN1C(=O)OCc1ccccc1. The van der Waals surface area contributed by atoms with E-state index in [9.17, 15) is 14.4 Å². The molecule has 0 bridgehead atoms. The molecule has 2 aromatic heterocycles. The predicted octanol–water partition coefficient (Wildman–Crippen LogP) is 4.51. The summed E-state index contributed by atoms with van der Waals surface area (Å²) in [5.41, 5.74) is 0.372. The molecule has 0 spiro atoms. The Labute approximate surface area is 246 Å². The van der Waals surface area contributed by atoms with E-state index in [-0.39, 0.29) is 49.4 Å². The summed E-state index contributed by atoms with van der Waals surface area (Å²) < 4.78 is 41.1. The summed E-state index contributed by atoms with van der Waals surface area (Å²) >= 11 is 6.00. The Morgan fingerprint density at radius 1 is 1.19 bits per heavy atom. The van der Waals surface area contributed by atoms with Gasteiger partial charge in [-0.2, -0.15) is 15.2 Å². The first-order valence-corrected chi connectivity index (χ1v) is 14.4. The number of fused-ring (bicyclic) bond motifs is 2. The van der Waals surface area contributed by atoms with Gasteiger partial charge in [0.2, 0.25) is 0 Å². The van der Waals surface area contributed by atoms with Crippen molar-refractivity contribution in [1.82, 2.24) is 24.8 Å². The third kappa shape index (κ3) is 5.51. The van der Waals surface area contributed by atoms with Gasteiger partial charge in [0, 0.05) is 38.8 Å². The molecule has 3 aliphatic heterocycles. The number of carbonyl (C=O) groups excluding carboxylic acids is 1. The first-order chi connectivity index (χ1) is 20.4. The predicted molar refractivity (Wildman–Crippen MR) is 150 cm³/mol. The fraction of sp³-hybridized carbons (Fsp3) is 0.483. The molecule has 0 aliphatic carbocycles. The van der Waals surface area contributed by atoms with Crippen molar-refractivity contribution < 1.29 is 23.0 Å². The van der Waals surface area contributed by atoms with Crippen LogP contribution in [-0.4, -0.2) is 87.9 Å². The molecule has 0 N–H and O–H groups in total. The van der Waals surface area contributed by atoms with Gasteiger partial charge in [-0.05, 0) is 24.9 Å². The van der Waals surface area contributed by atoms with Crippen LogP contribution in [0, 0.1) is 17.1 Å². The van der Waals surface area contributed by atoms with Gasteiger partial charge in [0.15, 0.2) is 11.0 Å². The van der Waals surface area contributed by atoms with Gasteiger partial charge >= 0.3 is 12.1 Å². The van der Waals surface area contributed by atoms with Gasteiger partial charge in [-0.1, -0.05) is 41.9 Å². The number of hydrogen-bond acceptors (Lipinski definition) is 9. The van der Waals surface area contributed by atoms with Gasteiger partial charge in [-0.3, -0.25) is 4.90 Å². The minimum Gasteiger partial charge on any atom is -0.461 e. The zero-order chi connectivity index (χ0) is 29.3. The Hall–Kier alpha value is -3.82. The molecular formula is C29H30ClF2N7O3. The number of amides is 1. The molecule has 3 aromatic rings. The highest BCUT2D eigenvalue weighted by Gasteiger charge is 2.49. The van der Waals surface area contributed by atoms with Crippen molar-refractivity contribution in [2.75, 3.05) is 44.2 Å². The number of nitriles is 1. The van der Waals surface area contributed by atoms with Crippen LogP contribution in [0.25, 0.3) is 10.9 Å². The minimum atomic E-state index is -0.919. The van der Waals surface area contributed by atoms with Crippen LogP contribution in [0.5, 0.6) is 6.01 Å². The average molecular weight is 598 g/mol. The third-order valence-corrected chi connectivity index (χ3v) is 8.64. The molecule has 3 fully saturated rings. The first-order valence-electron chi connectivity index (χ1n) is 14.0. The van der Waals surface area contributed by atoms with E-state index >= 15 is 4.39 Å². The summed E-state index contributed by atoms with van der Waals surface area (Å²) in [4.78, 5) is 31.4. The highest BCUT2D eigenvalue weighted by molar-refractivity contribution is 6.30. The van der Waals surface area contributed by atoms with Crippen molar-refractivity contribution in [2.45, 2.75) is 50.0 Å². The Morgan fingerprint density at radius 3 is 2.83 bits per heavy atom. The maximum Gasteiger partial charge on any atom is 0.410 e. The molecule has 3 saturated heterocycles. The standard InChI is InChI=1S/C29H30ClF2N7O3/c30-25-23(32)24-22(14-34-25)26(36-27(35-24)42-18-29-8-4-10-38(29)15-20(31)13-29)37-11-12-39(21(16-37)7-9-33)28(40)41-17-19-5-2-1-3-6-19/h1-3,5-6,14,20-21H,4,7-8,10-13,15-18H2/t20-,21+,29+/m1/s1. The summed E-state index contributed by atoms with van der Waals surface area (Å²) in [6.07, 6.45) is 2.15. The molecule has 1 aromatic carbocycles. The second-order valence-corrected chi connectivity index (χ2v) is 11.4. The third-order valence-electron chi connectivity index (χ3n) is 8.38. The number of piperazine rings is 1. The number of alkyl halides is 1. The summed E-state index contributed by atoms with van der Waals surface area (Å²) in [6, 6.07) is 10.9. The van der Waals surface area contributed by atoms with E-state index in [0.29, 0.717) is 30.7 Å². The van der Waals surface area contributed by atoms with Crippen LogP contribution in [0.3, 0.4) is 0 Å². The number of carbonyl (C=O) groups is 1. The molecule has 220 valence electrons. The molecular weight excluding hydrogens is 568 g/mol. The van der Waals surface area contributed by atoms with E-state index in [2.05, 4.69) is 25.9 Å². The van der Waals surface area contributed by atoms with Crippen LogP contribution >= 0.6 is 11.6 Å². The number of benzene rings is 1. The largest absolute Gasteiger partial charge is 0.461 e. The molecule has 5 heterocycles. The van der Waals surface area contributed by atoms with Crippen LogP contribution in [0.4, 0.5) is 19.4 Å². The van der Waals surface area contributed by atoms with Crippen LogP contribution in [0.2, 0.25) is 5.15 Å². The number of anilines is 1. The lowest BCUT2D eigenvalue weighted by atomic mass is 9.95. The highest BCUT2D eigenvalue weighted by Crippen LogP contribution is 2.40. The second kappa shape index (κ2) is 11.8. The average Bonchev–Trinajstić information content (AvgIpc) is 3.53. The molecule has 42 heavy (non-hydrogen) atoms. The van der Waals surface area contributed by atoms with Crippen molar-refractivity contribution in [2.24, 2.45) is 0 Å². The molecule has 1 amide bonds. The monoisotopic (exact) mass is 597 g/mol. The minimum absolute atomic E-state index is 0.0490. The van der Waals surface area contributed by atoms with Crippen molar-refractivity contribution in [3.8, 4) is 12.1 Å². The summed E-state index contributed by atoms with van der Waals surface area (Å²) in [6.45, 7) is 2.30. The Balaban J connectivity index is 1.24. The number of halogens is 3. The summed E-state index contributed by atoms with van der Waals surface area (Å²) in [7, 11) is 0. The molecule has 6 rings (SSSR count). The number of hydrogen-bond donors (Lipinski definition) is 0. The zero-order valence-electron chi connectivity index (χ0n) is 22.9. The molecule has 13 heteroatoms. The van der Waals surface area contributed by atoms with Crippen molar-refractivity contribution in [3.63, 3.8) is 0 Å². The zero-order valence-corrected chi connectivity index (χ0v) is 23.6. The highest BCUT2D eigenvalue weighted by atomic mass is 35.5. The smallest absolute Gasteiger partial charge is 0.410 e. The second-order valence-electron chi connectivity index (χ2n) is 11.0.